The minimum atomic E-state index is -0.853. The van der Waals surface area contributed by atoms with Crippen LogP contribution in [0, 0.1) is 17.8 Å². The second kappa shape index (κ2) is 13.9. The maximum atomic E-state index is 12.6. The fraction of sp³-hybridized carbons (Fsp3) is 0.714. The fourth-order valence-corrected chi connectivity index (χ4v) is 4.28. The molecule has 5 atom stereocenters. The third-order valence-electron chi connectivity index (χ3n) is 5.38. The summed E-state index contributed by atoms with van der Waals surface area (Å²) in [5, 5.41) is 11.1. The van der Waals surface area contributed by atoms with Crippen LogP contribution in [0.2, 0.25) is 0 Å². The zero-order valence-electron chi connectivity index (χ0n) is 19.4. The molecule has 1 aliphatic rings. The van der Waals surface area contributed by atoms with E-state index in [0.717, 1.165) is 5.04 Å². The maximum absolute atomic E-state index is 12.6. The Bertz CT molecular complexity index is 729. The Labute approximate surface area is 193 Å². The lowest BCUT2D eigenvalue weighted by atomic mass is 9.97. The summed E-state index contributed by atoms with van der Waals surface area (Å²) in [7, 11) is 1.64. The van der Waals surface area contributed by atoms with Crippen molar-refractivity contribution in [2.75, 3.05) is 25.9 Å². The molecule has 32 heavy (non-hydrogen) atoms. The van der Waals surface area contributed by atoms with E-state index in [2.05, 4.69) is 26.3 Å². The Morgan fingerprint density at radius 3 is 2.19 bits per heavy atom. The molecular weight excluding hydrogens is 434 g/mol. The number of carbonyl (C=O) groups is 5. The third kappa shape index (κ3) is 8.97. The quantitative estimate of drug-likeness (QED) is 0.424. The van der Waals surface area contributed by atoms with E-state index in [-0.39, 0.29) is 42.5 Å². The highest BCUT2D eigenvalue weighted by molar-refractivity contribution is 8.14. The average molecular weight is 470 g/mol. The number of aliphatic imine (C=N–C) groups is 1. The van der Waals surface area contributed by atoms with Gasteiger partial charge in [-0.15, -0.1) is 11.8 Å². The van der Waals surface area contributed by atoms with E-state index < -0.39 is 29.8 Å². The first-order chi connectivity index (χ1) is 15.1. The minimum Gasteiger partial charge on any atom is -0.347 e. The minimum absolute atomic E-state index is 0.0458. The number of hydrogen-bond acceptors (Lipinski definition) is 7. The van der Waals surface area contributed by atoms with E-state index in [1.54, 1.807) is 14.0 Å². The first-order valence-electron chi connectivity index (χ1n) is 10.8. The van der Waals surface area contributed by atoms with Crippen molar-refractivity contribution in [3.05, 3.63) is 0 Å². The van der Waals surface area contributed by atoms with Crippen LogP contribution >= 0.6 is 11.8 Å². The van der Waals surface area contributed by atoms with Gasteiger partial charge in [-0.1, -0.05) is 34.1 Å². The standard InChI is InChI=1S/C21H35N5O5S/c1-6-12(2)18-20(31)24-8-16(28)25-15(10-27)11-32-21(22-5)14(4)7-13(3)19(30)23-9-17(29)26-18/h10,12-15,18H,6-9,11H2,1-5H3,(H,23,30)(H,24,31)(H,25,28)(H,26,29). The van der Waals surface area contributed by atoms with Crippen LogP contribution in [0.4, 0.5) is 0 Å². The van der Waals surface area contributed by atoms with Crippen LogP contribution in [0.5, 0.6) is 0 Å². The molecule has 0 radical (unpaired) electrons. The number of nitrogens with one attached hydrogen (secondary N) is 4. The van der Waals surface area contributed by atoms with Gasteiger partial charge in [-0.05, 0) is 12.3 Å². The fourth-order valence-electron chi connectivity index (χ4n) is 3.26. The van der Waals surface area contributed by atoms with Crippen molar-refractivity contribution in [2.45, 2.75) is 52.6 Å². The third-order valence-corrected chi connectivity index (χ3v) is 6.78. The van der Waals surface area contributed by atoms with Crippen LogP contribution in [0.25, 0.3) is 0 Å². The normalized spacial score (nSPS) is 29.6. The number of nitrogens with zero attached hydrogens (tertiary/aromatic N) is 1. The smallest absolute Gasteiger partial charge is 0.243 e. The molecular formula is C21H35N5O5S. The van der Waals surface area contributed by atoms with Crippen molar-refractivity contribution >= 4 is 46.7 Å². The van der Waals surface area contributed by atoms with Crippen LogP contribution < -0.4 is 21.3 Å². The van der Waals surface area contributed by atoms with Gasteiger partial charge in [0.25, 0.3) is 0 Å². The van der Waals surface area contributed by atoms with E-state index in [1.807, 2.05) is 20.8 Å². The van der Waals surface area contributed by atoms with Crippen molar-refractivity contribution in [2.24, 2.45) is 22.7 Å². The largest absolute Gasteiger partial charge is 0.347 e. The molecule has 0 aliphatic carbocycles. The van der Waals surface area contributed by atoms with Gasteiger partial charge < -0.3 is 26.1 Å². The van der Waals surface area contributed by atoms with Crippen molar-refractivity contribution in [1.82, 2.24) is 21.3 Å². The predicted octanol–water partition coefficient (Wildman–Crippen LogP) is -0.129. The molecule has 11 heteroatoms. The van der Waals surface area contributed by atoms with Gasteiger partial charge in [0.2, 0.25) is 23.6 Å². The summed E-state index contributed by atoms with van der Waals surface area (Å²) < 4.78 is 0. The molecule has 1 heterocycles. The van der Waals surface area contributed by atoms with Crippen molar-refractivity contribution < 1.29 is 24.0 Å². The van der Waals surface area contributed by atoms with Crippen LogP contribution in [-0.2, 0) is 24.0 Å². The van der Waals surface area contributed by atoms with Crippen LogP contribution in [-0.4, -0.2) is 72.9 Å². The lowest BCUT2D eigenvalue weighted by Crippen LogP contribution is -2.54. The molecule has 4 N–H and O–H groups in total. The predicted molar refractivity (Wildman–Crippen MR) is 124 cm³/mol. The summed E-state index contributed by atoms with van der Waals surface area (Å²) >= 11 is 1.34. The summed E-state index contributed by atoms with van der Waals surface area (Å²) in [6, 6.07) is -1.60. The topological polar surface area (TPSA) is 146 Å². The molecule has 4 amide bonds. The van der Waals surface area contributed by atoms with Gasteiger partial charge >= 0.3 is 0 Å². The molecule has 180 valence electrons. The first-order valence-corrected chi connectivity index (χ1v) is 11.8. The van der Waals surface area contributed by atoms with E-state index in [1.165, 1.54) is 11.8 Å². The van der Waals surface area contributed by atoms with Crippen LogP contribution in [0.3, 0.4) is 0 Å². The van der Waals surface area contributed by atoms with Crippen molar-refractivity contribution in [3.63, 3.8) is 0 Å². The van der Waals surface area contributed by atoms with Gasteiger partial charge in [0.1, 0.15) is 12.3 Å². The van der Waals surface area contributed by atoms with E-state index in [4.69, 9.17) is 0 Å². The molecule has 0 spiro atoms. The molecule has 0 saturated carbocycles. The number of carbonyl (C=O) groups excluding carboxylic acids is 5. The second-order valence-electron chi connectivity index (χ2n) is 8.09. The Balaban J connectivity index is 3.05. The first kappa shape index (κ1) is 27.6. The summed E-state index contributed by atoms with van der Waals surface area (Å²) in [5.41, 5.74) is 0. The molecule has 5 unspecified atom stereocenters. The van der Waals surface area contributed by atoms with E-state index >= 15 is 0 Å². The Kier molecular flexibility index (Phi) is 12.0. The van der Waals surface area contributed by atoms with Gasteiger partial charge in [0.05, 0.1) is 24.2 Å². The van der Waals surface area contributed by atoms with E-state index in [9.17, 15) is 24.0 Å². The molecule has 0 aromatic carbocycles. The SMILES string of the molecule is CCC(C)C1NC(=O)CNC(=O)C(C)CC(C)C(=NC)SCC(C=O)NC(=O)CNC1=O. The van der Waals surface area contributed by atoms with Crippen molar-refractivity contribution in [3.8, 4) is 0 Å². The number of hydrogen-bond donors (Lipinski definition) is 4. The molecule has 0 aromatic heterocycles. The van der Waals surface area contributed by atoms with Gasteiger partial charge in [-0.2, -0.15) is 0 Å². The Morgan fingerprint density at radius 2 is 1.62 bits per heavy atom. The van der Waals surface area contributed by atoms with Gasteiger partial charge in [0, 0.05) is 24.6 Å². The molecule has 1 aliphatic heterocycles. The molecule has 1 saturated heterocycles. The van der Waals surface area contributed by atoms with Crippen LogP contribution in [0.15, 0.2) is 4.99 Å². The highest BCUT2D eigenvalue weighted by Gasteiger charge is 2.27. The molecule has 0 aromatic rings. The summed E-state index contributed by atoms with van der Waals surface area (Å²) in [6.07, 6.45) is 1.77. The molecule has 10 nitrogen and oxygen atoms in total. The highest BCUT2D eigenvalue weighted by atomic mass is 32.2. The number of rotatable bonds is 3. The maximum Gasteiger partial charge on any atom is 0.243 e. The van der Waals surface area contributed by atoms with Gasteiger partial charge in [-0.3, -0.25) is 24.2 Å². The number of thioether (sulfide) groups is 1. The second-order valence-corrected chi connectivity index (χ2v) is 9.13. The zero-order chi connectivity index (χ0) is 24.3. The Hall–Kier alpha value is -2.43. The lowest BCUT2D eigenvalue weighted by Gasteiger charge is -2.24. The van der Waals surface area contributed by atoms with Crippen LogP contribution in [0.1, 0.15) is 40.5 Å². The van der Waals surface area contributed by atoms with Gasteiger partial charge in [-0.25, -0.2) is 0 Å². The lowest BCUT2D eigenvalue weighted by molar-refractivity contribution is -0.132. The summed E-state index contributed by atoms with van der Waals surface area (Å²) in [6.45, 7) is 6.83. The number of amides is 4. The van der Waals surface area contributed by atoms with Crippen molar-refractivity contribution in [1.29, 1.82) is 0 Å². The van der Waals surface area contributed by atoms with E-state index in [0.29, 0.717) is 19.1 Å². The summed E-state index contributed by atoms with van der Waals surface area (Å²) in [4.78, 5) is 65.3. The monoisotopic (exact) mass is 469 g/mol. The molecule has 1 rings (SSSR count). The molecule has 0 bridgehead atoms. The molecule has 1 fully saturated rings. The average Bonchev–Trinajstić information content (AvgIpc) is 2.77. The Morgan fingerprint density at radius 1 is 1.03 bits per heavy atom. The highest BCUT2D eigenvalue weighted by Crippen LogP contribution is 2.21. The number of aldehydes is 1. The summed E-state index contributed by atoms with van der Waals surface area (Å²) in [5.74, 6) is -2.08. The van der Waals surface area contributed by atoms with Gasteiger partial charge in [0.15, 0.2) is 0 Å². The zero-order valence-corrected chi connectivity index (χ0v) is 20.2.